The fourth-order valence-corrected chi connectivity index (χ4v) is 1.61. The summed E-state index contributed by atoms with van der Waals surface area (Å²) in [4.78, 5) is 0. The fraction of sp³-hybridized carbons (Fsp3) is 0.500. The van der Waals surface area contributed by atoms with E-state index in [4.69, 9.17) is 4.74 Å². The van der Waals surface area contributed by atoms with E-state index in [2.05, 4.69) is 0 Å². The molecule has 0 amide bonds. The molecule has 0 aliphatic carbocycles. The van der Waals surface area contributed by atoms with E-state index in [1.165, 1.54) is 19.2 Å². The Kier molecular flexibility index (Phi) is 4.16. The van der Waals surface area contributed by atoms with Gasteiger partial charge in [-0.25, -0.2) is 0 Å². The van der Waals surface area contributed by atoms with E-state index >= 15 is 0 Å². The summed E-state index contributed by atoms with van der Waals surface area (Å²) in [6.45, 7) is 1.71. The number of hydrogen-bond acceptors (Lipinski definition) is 2. The smallest absolute Gasteiger partial charge is 0.387 e. The lowest BCUT2D eigenvalue weighted by Gasteiger charge is -2.22. The molecule has 0 bridgehead atoms. The van der Waals surface area contributed by atoms with Gasteiger partial charge in [0.1, 0.15) is 0 Å². The topological polar surface area (TPSA) is 29.5 Å². The Morgan fingerprint density at radius 3 is 2.12 bits per heavy atom. The largest absolute Gasteiger partial charge is 0.416 e. The Morgan fingerprint density at radius 1 is 1.18 bits per heavy atom. The molecule has 0 fully saturated rings. The number of methoxy groups -OCH3 is 1. The fourth-order valence-electron chi connectivity index (χ4n) is 1.61. The van der Waals surface area contributed by atoms with Crippen LogP contribution in [0.3, 0.4) is 0 Å². The van der Waals surface area contributed by atoms with Crippen molar-refractivity contribution < 1.29 is 23.0 Å². The number of aliphatic hydroxyl groups is 1. The first-order chi connectivity index (χ1) is 7.74. The van der Waals surface area contributed by atoms with Crippen LogP contribution in [-0.4, -0.2) is 24.4 Å². The van der Waals surface area contributed by atoms with E-state index < -0.39 is 17.3 Å². The molecule has 0 aliphatic rings. The number of hydrogen-bond donors (Lipinski definition) is 1. The summed E-state index contributed by atoms with van der Waals surface area (Å²) in [5.74, 6) is 0. The molecule has 0 spiro atoms. The summed E-state index contributed by atoms with van der Waals surface area (Å²) in [5, 5.41) is 9.85. The number of benzene rings is 1. The van der Waals surface area contributed by atoms with Crippen LogP contribution in [0.15, 0.2) is 24.3 Å². The maximum atomic E-state index is 12.3. The predicted molar refractivity (Wildman–Crippen MR) is 57.6 cm³/mol. The van der Waals surface area contributed by atoms with E-state index in [1.807, 2.05) is 0 Å². The first-order valence-corrected chi connectivity index (χ1v) is 5.12. The van der Waals surface area contributed by atoms with Crippen LogP contribution in [0.4, 0.5) is 13.2 Å². The van der Waals surface area contributed by atoms with Crippen LogP contribution in [0.5, 0.6) is 0 Å². The molecule has 17 heavy (non-hydrogen) atoms. The van der Waals surface area contributed by atoms with Gasteiger partial charge in [-0.2, -0.15) is 13.2 Å². The van der Waals surface area contributed by atoms with Crippen molar-refractivity contribution >= 4 is 0 Å². The lowest BCUT2D eigenvalue weighted by molar-refractivity contribution is -0.137. The van der Waals surface area contributed by atoms with E-state index in [1.54, 1.807) is 6.92 Å². The zero-order valence-electron chi connectivity index (χ0n) is 9.71. The Hall–Kier alpha value is -1.07. The van der Waals surface area contributed by atoms with Crippen LogP contribution >= 0.6 is 0 Å². The predicted octanol–water partition coefficient (Wildman–Crippen LogP) is 2.65. The molecule has 2 nitrogen and oxygen atoms in total. The van der Waals surface area contributed by atoms with E-state index in [9.17, 15) is 18.3 Å². The standard InChI is InChI=1S/C12H15F3O2/c1-11(16,8-17-2)7-9-3-5-10(6-4-9)12(13,14)15/h3-6,16H,7-8H2,1-2H3. The van der Waals surface area contributed by atoms with Gasteiger partial charge in [0, 0.05) is 13.5 Å². The van der Waals surface area contributed by atoms with Gasteiger partial charge in [0.2, 0.25) is 0 Å². The Bertz CT molecular complexity index is 355. The minimum atomic E-state index is -4.33. The van der Waals surface area contributed by atoms with Gasteiger partial charge in [0.05, 0.1) is 17.8 Å². The zero-order chi connectivity index (χ0) is 13.1. The lowest BCUT2D eigenvalue weighted by atomic mass is 9.96. The Labute approximate surface area is 98.0 Å². The van der Waals surface area contributed by atoms with E-state index in [0.717, 1.165) is 12.1 Å². The van der Waals surface area contributed by atoms with Crippen molar-refractivity contribution in [1.82, 2.24) is 0 Å². The molecule has 1 aromatic carbocycles. The van der Waals surface area contributed by atoms with Gasteiger partial charge in [-0.05, 0) is 24.6 Å². The molecule has 5 heteroatoms. The minimum absolute atomic E-state index is 0.133. The third-order valence-corrected chi connectivity index (χ3v) is 2.32. The monoisotopic (exact) mass is 248 g/mol. The second-order valence-electron chi connectivity index (χ2n) is 4.30. The van der Waals surface area contributed by atoms with Crippen molar-refractivity contribution in [2.45, 2.75) is 25.1 Å². The summed E-state index contributed by atoms with van der Waals surface area (Å²) < 4.78 is 41.8. The number of halogens is 3. The maximum absolute atomic E-state index is 12.3. The van der Waals surface area contributed by atoms with Gasteiger partial charge in [0.25, 0.3) is 0 Å². The van der Waals surface area contributed by atoms with Crippen LogP contribution in [-0.2, 0) is 17.3 Å². The van der Waals surface area contributed by atoms with Crippen LogP contribution < -0.4 is 0 Å². The normalized spacial score (nSPS) is 15.6. The number of ether oxygens (including phenoxy) is 1. The van der Waals surface area contributed by atoms with Gasteiger partial charge in [0.15, 0.2) is 0 Å². The zero-order valence-corrected chi connectivity index (χ0v) is 9.71. The van der Waals surface area contributed by atoms with Gasteiger partial charge >= 0.3 is 6.18 Å². The third kappa shape index (κ3) is 4.36. The average molecular weight is 248 g/mol. The number of alkyl halides is 3. The third-order valence-electron chi connectivity index (χ3n) is 2.32. The molecule has 1 N–H and O–H groups in total. The highest BCUT2D eigenvalue weighted by Gasteiger charge is 2.30. The van der Waals surface area contributed by atoms with Crippen molar-refractivity contribution in [1.29, 1.82) is 0 Å². The van der Waals surface area contributed by atoms with Gasteiger partial charge in [-0.3, -0.25) is 0 Å². The van der Waals surface area contributed by atoms with Crippen molar-refractivity contribution in [3.8, 4) is 0 Å². The van der Waals surface area contributed by atoms with Crippen LogP contribution in [0.25, 0.3) is 0 Å². The van der Waals surface area contributed by atoms with Gasteiger partial charge < -0.3 is 9.84 Å². The highest BCUT2D eigenvalue weighted by atomic mass is 19.4. The maximum Gasteiger partial charge on any atom is 0.416 e. The van der Waals surface area contributed by atoms with Crippen molar-refractivity contribution in [2.75, 3.05) is 13.7 Å². The quantitative estimate of drug-likeness (QED) is 0.887. The molecular formula is C12H15F3O2. The van der Waals surface area contributed by atoms with Gasteiger partial charge in [-0.15, -0.1) is 0 Å². The second kappa shape index (κ2) is 5.06. The SMILES string of the molecule is COCC(C)(O)Cc1ccc(C(F)(F)F)cc1. The molecule has 96 valence electrons. The molecule has 1 atom stereocenters. The Balaban J connectivity index is 2.75. The summed E-state index contributed by atoms with van der Waals surface area (Å²) in [5.41, 5.74) is -1.12. The second-order valence-corrected chi connectivity index (χ2v) is 4.30. The average Bonchev–Trinajstić information content (AvgIpc) is 2.16. The highest BCUT2D eigenvalue weighted by molar-refractivity contribution is 5.25. The summed E-state index contributed by atoms with van der Waals surface area (Å²) in [6.07, 6.45) is -4.08. The van der Waals surface area contributed by atoms with Crippen LogP contribution in [0, 0.1) is 0 Å². The van der Waals surface area contributed by atoms with Crippen molar-refractivity contribution in [3.63, 3.8) is 0 Å². The molecule has 0 saturated carbocycles. The summed E-state index contributed by atoms with van der Waals surface area (Å²) >= 11 is 0. The summed E-state index contributed by atoms with van der Waals surface area (Å²) in [6, 6.07) is 4.76. The van der Waals surface area contributed by atoms with Crippen molar-refractivity contribution in [3.05, 3.63) is 35.4 Å². The van der Waals surface area contributed by atoms with E-state index in [-0.39, 0.29) is 13.0 Å². The molecular weight excluding hydrogens is 233 g/mol. The molecule has 1 aromatic rings. The molecule has 1 unspecified atom stereocenters. The molecule has 1 rings (SSSR count). The summed E-state index contributed by atoms with van der Waals surface area (Å²) in [7, 11) is 1.46. The van der Waals surface area contributed by atoms with Crippen molar-refractivity contribution in [2.24, 2.45) is 0 Å². The molecule has 0 heterocycles. The van der Waals surface area contributed by atoms with Crippen LogP contribution in [0.1, 0.15) is 18.1 Å². The molecule has 0 aromatic heterocycles. The minimum Gasteiger partial charge on any atom is -0.387 e. The lowest BCUT2D eigenvalue weighted by Crippen LogP contribution is -2.32. The Morgan fingerprint density at radius 2 is 1.71 bits per heavy atom. The molecule has 0 saturated heterocycles. The van der Waals surface area contributed by atoms with E-state index in [0.29, 0.717) is 5.56 Å². The first kappa shape index (κ1) is 14.0. The highest BCUT2D eigenvalue weighted by Crippen LogP contribution is 2.29. The first-order valence-electron chi connectivity index (χ1n) is 5.12. The number of rotatable bonds is 4. The van der Waals surface area contributed by atoms with Gasteiger partial charge in [-0.1, -0.05) is 12.1 Å². The van der Waals surface area contributed by atoms with Crippen LogP contribution in [0.2, 0.25) is 0 Å². The molecule has 0 radical (unpaired) electrons. The molecule has 0 aliphatic heterocycles.